The van der Waals surface area contributed by atoms with Gasteiger partial charge in [0.1, 0.15) is 3.70 Å². The lowest BCUT2D eigenvalue weighted by Gasteiger charge is -2.19. The Balaban J connectivity index is 2.23. The van der Waals surface area contributed by atoms with Gasteiger partial charge in [-0.3, -0.25) is 4.79 Å². The van der Waals surface area contributed by atoms with E-state index in [1.807, 2.05) is 24.2 Å². The SMILES string of the molecule is CN1C(=O)CCC1c1ccc(I)nc1. The summed E-state index contributed by atoms with van der Waals surface area (Å²) in [6, 6.07) is 4.26. The Morgan fingerprint density at radius 2 is 2.36 bits per heavy atom. The number of pyridine rings is 1. The molecule has 74 valence electrons. The van der Waals surface area contributed by atoms with Crippen molar-refractivity contribution in [1.82, 2.24) is 9.88 Å². The van der Waals surface area contributed by atoms with Crippen LogP contribution in [0.25, 0.3) is 0 Å². The van der Waals surface area contributed by atoms with E-state index in [-0.39, 0.29) is 11.9 Å². The van der Waals surface area contributed by atoms with Crippen molar-refractivity contribution in [2.45, 2.75) is 18.9 Å². The Kier molecular flexibility index (Phi) is 2.71. The van der Waals surface area contributed by atoms with Crippen LogP contribution in [0.2, 0.25) is 0 Å². The van der Waals surface area contributed by atoms with Gasteiger partial charge in [0.15, 0.2) is 0 Å². The van der Waals surface area contributed by atoms with Gasteiger partial charge in [0.05, 0.1) is 6.04 Å². The fraction of sp³-hybridized carbons (Fsp3) is 0.400. The molecular weight excluding hydrogens is 291 g/mol. The summed E-state index contributed by atoms with van der Waals surface area (Å²) in [6.45, 7) is 0. The van der Waals surface area contributed by atoms with Crippen molar-refractivity contribution in [3.05, 3.63) is 27.6 Å². The van der Waals surface area contributed by atoms with Crippen LogP contribution in [0, 0.1) is 3.70 Å². The van der Waals surface area contributed by atoms with E-state index in [0.29, 0.717) is 6.42 Å². The molecule has 1 aliphatic rings. The number of hydrogen-bond donors (Lipinski definition) is 0. The van der Waals surface area contributed by atoms with Crippen LogP contribution in [0.5, 0.6) is 0 Å². The molecule has 0 radical (unpaired) electrons. The van der Waals surface area contributed by atoms with Crippen molar-refractivity contribution in [2.75, 3.05) is 7.05 Å². The third-order valence-electron chi connectivity index (χ3n) is 2.63. The second-order valence-corrected chi connectivity index (χ2v) is 4.58. The molecule has 1 unspecified atom stereocenters. The van der Waals surface area contributed by atoms with Crippen molar-refractivity contribution < 1.29 is 4.79 Å². The van der Waals surface area contributed by atoms with Crippen molar-refractivity contribution in [1.29, 1.82) is 0 Å². The third kappa shape index (κ3) is 1.75. The third-order valence-corrected chi connectivity index (χ3v) is 3.27. The van der Waals surface area contributed by atoms with Gasteiger partial charge in [0.2, 0.25) is 5.91 Å². The molecule has 1 saturated heterocycles. The molecule has 14 heavy (non-hydrogen) atoms. The molecule has 1 atom stereocenters. The summed E-state index contributed by atoms with van der Waals surface area (Å²) < 4.78 is 0.985. The zero-order valence-electron chi connectivity index (χ0n) is 7.90. The monoisotopic (exact) mass is 302 g/mol. The highest BCUT2D eigenvalue weighted by Gasteiger charge is 2.28. The molecule has 1 aromatic heterocycles. The number of carbonyl (C=O) groups excluding carboxylic acids is 1. The highest BCUT2D eigenvalue weighted by molar-refractivity contribution is 14.1. The van der Waals surface area contributed by atoms with E-state index in [9.17, 15) is 4.79 Å². The predicted molar refractivity (Wildman–Crippen MR) is 61.7 cm³/mol. The van der Waals surface area contributed by atoms with Gasteiger partial charge in [0, 0.05) is 19.7 Å². The van der Waals surface area contributed by atoms with E-state index < -0.39 is 0 Å². The van der Waals surface area contributed by atoms with Crippen LogP contribution in [0.15, 0.2) is 18.3 Å². The largest absolute Gasteiger partial charge is 0.339 e. The fourth-order valence-corrected chi connectivity index (χ4v) is 2.10. The summed E-state index contributed by atoms with van der Waals surface area (Å²) in [5.41, 5.74) is 1.14. The number of carbonyl (C=O) groups is 1. The van der Waals surface area contributed by atoms with Gasteiger partial charge in [0.25, 0.3) is 0 Å². The molecule has 1 aromatic rings. The summed E-state index contributed by atoms with van der Waals surface area (Å²) in [5.74, 6) is 0.230. The summed E-state index contributed by atoms with van der Waals surface area (Å²) in [7, 11) is 1.86. The first kappa shape index (κ1) is 9.89. The molecule has 1 aliphatic heterocycles. The molecular formula is C10H11IN2O. The Hall–Kier alpha value is -0.650. The molecule has 0 spiro atoms. The zero-order valence-corrected chi connectivity index (χ0v) is 10.1. The Labute approximate surface area is 96.7 Å². The van der Waals surface area contributed by atoms with Gasteiger partial charge in [-0.25, -0.2) is 4.98 Å². The number of nitrogens with zero attached hydrogens (tertiary/aromatic N) is 2. The van der Waals surface area contributed by atoms with E-state index in [2.05, 4.69) is 33.6 Å². The van der Waals surface area contributed by atoms with Crippen LogP contribution in [-0.2, 0) is 4.79 Å². The summed E-state index contributed by atoms with van der Waals surface area (Å²) in [4.78, 5) is 17.4. The number of rotatable bonds is 1. The molecule has 1 amide bonds. The van der Waals surface area contributed by atoms with Crippen LogP contribution < -0.4 is 0 Å². The average molecular weight is 302 g/mol. The Bertz CT molecular complexity index is 350. The molecule has 0 saturated carbocycles. The number of amides is 1. The molecule has 0 bridgehead atoms. The quantitative estimate of drug-likeness (QED) is 0.587. The lowest BCUT2D eigenvalue weighted by Crippen LogP contribution is -2.22. The van der Waals surface area contributed by atoms with Crippen molar-refractivity contribution >= 4 is 28.5 Å². The molecule has 2 heterocycles. The summed E-state index contributed by atoms with van der Waals surface area (Å²) in [5, 5.41) is 0. The number of likely N-dealkylation sites (tertiary alicyclic amines) is 1. The summed E-state index contributed by atoms with van der Waals surface area (Å²) in [6.07, 6.45) is 3.44. The van der Waals surface area contributed by atoms with E-state index in [0.717, 1.165) is 15.7 Å². The topological polar surface area (TPSA) is 33.2 Å². The van der Waals surface area contributed by atoms with Crippen molar-refractivity contribution in [3.8, 4) is 0 Å². The number of halogens is 1. The van der Waals surface area contributed by atoms with Crippen LogP contribution in [0.1, 0.15) is 24.4 Å². The van der Waals surface area contributed by atoms with E-state index in [1.165, 1.54) is 0 Å². The second kappa shape index (κ2) is 3.84. The lowest BCUT2D eigenvalue weighted by molar-refractivity contribution is -0.127. The molecule has 2 rings (SSSR count). The van der Waals surface area contributed by atoms with Crippen LogP contribution in [0.3, 0.4) is 0 Å². The van der Waals surface area contributed by atoms with Crippen LogP contribution >= 0.6 is 22.6 Å². The van der Waals surface area contributed by atoms with Crippen molar-refractivity contribution in [2.24, 2.45) is 0 Å². The number of hydrogen-bond acceptors (Lipinski definition) is 2. The first-order valence-corrected chi connectivity index (χ1v) is 5.63. The van der Waals surface area contributed by atoms with E-state index >= 15 is 0 Å². The van der Waals surface area contributed by atoms with Gasteiger partial charge in [-0.2, -0.15) is 0 Å². The van der Waals surface area contributed by atoms with Crippen LogP contribution in [0.4, 0.5) is 0 Å². The first-order chi connectivity index (χ1) is 6.68. The molecule has 0 aromatic carbocycles. The van der Waals surface area contributed by atoms with E-state index in [1.54, 1.807) is 0 Å². The minimum absolute atomic E-state index is 0.229. The predicted octanol–water partition coefficient (Wildman–Crippen LogP) is 1.98. The first-order valence-electron chi connectivity index (χ1n) is 4.55. The van der Waals surface area contributed by atoms with Crippen molar-refractivity contribution in [3.63, 3.8) is 0 Å². The van der Waals surface area contributed by atoms with E-state index in [4.69, 9.17) is 0 Å². The molecule has 0 N–H and O–H groups in total. The second-order valence-electron chi connectivity index (χ2n) is 3.47. The maximum Gasteiger partial charge on any atom is 0.222 e. The van der Waals surface area contributed by atoms with Gasteiger partial charge < -0.3 is 4.90 Å². The normalized spacial score (nSPS) is 21.7. The molecule has 1 fully saturated rings. The molecule has 0 aliphatic carbocycles. The van der Waals surface area contributed by atoms with Gasteiger partial charge >= 0.3 is 0 Å². The average Bonchev–Trinajstić information content (AvgIpc) is 2.50. The lowest BCUT2D eigenvalue weighted by atomic mass is 10.1. The molecule has 4 heteroatoms. The highest BCUT2D eigenvalue weighted by atomic mass is 127. The maximum absolute atomic E-state index is 11.3. The smallest absolute Gasteiger partial charge is 0.222 e. The highest BCUT2D eigenvalue weighted by Crippen LogP contribution is 2.30. The Morgan fingerprint density at radius 1 is 1.57 bits per heavy atom. The van der Waals surface area contributed by atoms with Gasteiger partial charge in [-0.15, -0.1) is 0 Å². The van der Waals surface area contributed by atoms with Crippen LogP contribution in [-0.4, -0.2) is 22.8 Å². The zero-order chi connectivity index (χ0) is 10.1. The summed E-state index contributed by atoms with van der Waals surface area (Å²) >= 11 is 2.18. The Morgan fingerprint density at radius 3 is 2.86 bits per heavy atom. The standard InChI is InChI=1S/C10H11IN2O/c1-13-8(3-5-10(13)14)7-2-4-9(11)12-6-7/h2,4,6,8H,3,5H2,1H3. The minimum Gasteiger partial charge on any atom is -0.339 e. The molecule has 3 nitrogen and oxygen atoms in total. The fourth-order valence-electron chi connectivity index (χ4n) is 1.78. The maximum atomic E-state index is 11.3. The van der Waals surface area contributed by atoms with Gasteiger partial charge in [-0.05, 0) is 40.6 Å². The number of aromatic nitrogens is 1. The van der Waals surface area contributed by atoms with Gasteiger partial charge in [-0.1, -0.05) is 6.07 Å². The minimum atomic E-state index is 0.229.